The molecular formula is C31H31ClFN3O3. The minimum absolute atomic E-state index is 0.193. The second-order valence-electron chi connectivity index (χ2n) is 9.55. The van der Waals surface area contributed by atoms with Gasteiger partial charge >= 0.3 is 6.03 Å². The molecule has 1 aliphatic rings. The predicted molar refractivity (Wildman–Crippen MR) is 155 cm³/mol. The topological polar surface area (TPSA) is 62.8 Å². The van der Waals surface area contributed by atoms with Gasteiger partial charge in [0.15, 0.2) is 11.6 Å². The van der Waals surface area contributed by atoms with Crippen LogP contribution in [0, 0.1) is 5.82 Å². The summed E-state index contributed by atoms with van der Waals surface area (Å²) in [4.78, 5) is 14.9. The zero-order valence-corrected chi connectivity index (χ0v) is 22.3. The second-order valence-corrected chi connectivity index (χ2v) is 9.98. The Hall–Kier alpha value is -3.81. The molecule has 1 heterocycles. The molecule has 0 aromatic heterocycles. The maximum atomic E-state index is 14.7. The number of halogens is 2. The number of amides is 2. The summed E-state index contributed by atoms with van der Waals surface area (Å²) in [5.74, 6) is 0.496. The summed E-state index contributed by atoms with van der Waals surface area (Å²) in [5.41, 5.74) is 1.97. The first-order valence-corrected chi connectivity index (χ1v) is 13.5. The number of urea groups is 1. The number of nitrogens with one attached hydrogen (secondary N) is 2. The highest BCUT2D eigenvalue weighted by Crippen LogP contribution is 2.32. The number of piperidine rings is 1. The van der Waals surface area contributed by atoms with Crippen LogP contribution in [0.5, 0.6) is 11.5 Å². The summed E-state index contributed by atoms with van der Waals surface area (Å²) in [6, 6.07) is 22.7. The van der Waals surface area contributed by atoms with Crippen LogP contribution in [0.3, 0.4) is 0 Å². The molecule has 202 valence electrons. The second kappa shape index (κ2) is 12.8. The van der Waals surface area contributed by atoms with Gasteiger partial charge < -0.3 is 20.1 Å². The highest BCUT2D eigenvalue weighted by Gasteiger charge is 2.13. The molecule has 0 bridgehead atoms. The molecule has 0 spiro atoms. The van der Waals surface area contributed by atoms with E-state index < -0.39 is 5.82 Å². The van der Waals surface area contributed by atoms with E-state index in [1.807, 2.05) is 30.3 Å². The number of ether oxygens (including phenoxy) is 2. The molecule has 0 radical (unpaired) electrons. The number of rotatable bonds is 9. The van der Waals surface area contributed by atoms with Crippen molar-refractivity contribution in [2.24, 2.45) is 0 Å². The molecular weight excluding hydrogens is 517 g/mol. The number of anilines is 2. The van der Waals surface area contributed by atoms with Crippen LogP contribution in [0.1, 0.15) is 24.8 Å². The molecule has 4 aromatic carbocycles. The Balaban J connectivity index is 1.20. The summed E-state index contributed by atoms with van der Waals surface area (Å²) in [6.07, 6.45) is 3.73. The van der Waals surface area contributed by atoms with Crippen molar-refractivity contribution in [3.8, 4) is 11.5 Å². The third-order valence-corrected chi connectivity index (χ3v) is 6.99. The van der Waals surface area contributed by atoms with Gasteiger partial charge in [-0.05, 0) is 80.0 Å². The molecule has 39 heavy (non-hydrogen) atoms. The molecule has 1 aliphatic heterocycles. The van der Waals surface area contributed by atoms with E-state index in [1.165, 1.54) is 25.3 Å². The third-order valence-electron chi connectivity index (χ3n) is 6.74. The van der Waals surface area contributed by atoms with E-state index >= 15 is 0 Å². The molecule has 2 amide bonds. The van der Waals surface area contributed by atoms with Gasteiger partial charge in [-0.15, -0.1) is 0 Å². The van der Waals surface area contributed by atoms with Gasteiger partial charge in [-0.3, -0.25) is 4.90 Å². The fourth-order valence-corrected chi connectivity index (χ4v) is 4.83. The number of carbonyl (C=O) groups excluding carboxylic acids is 1. The molecule has 2 N–H and O–H groups in total. The van der Waals surface area contributed by atoms with Crippen LogP contribution < -0.4 is 20.1 Å². The Bertz CT molecular complexity index is 1420. The Morgan fingerprint density at radius 1 is 0.846 bits per heavy atom. The normalized spacial score (nSPS) is 13.7. The van der Waals surface area contributed by atoms with E-state index in [2.05, 4.69) is 15.5 Å². The van der Waals surface area contributed by atoms with Crippen molar-refractivity contribution in [1.29, 1.82) is 0 Å². The minimum atomic E-state index is -0.397. The van der Waals surface area contributed by atoms with Crippen LogP contribution >= 0.6 is 11.6 Å². The average Bonchev–Trinajstić information content (AvgIpc) is 2.95. The maximum Gasteiger partial charge on any atom is 0.323 e. The smallest absolute Gasteiger partial charge is 0.323 e. The van der Waals surface area contributed by atoms with Crippen LogP contribution in [-0.2, 0) is 6.61 Å². The lowest BCUT2D eigenvalue weighted by atomic mass is 10.1. The van der Waals surface area contributed by atoms with E-state index in [4.69, 9.17) is 21.1 Å². The number of fused-ring (bicyclic) bond motifs is 1. The Labute approximate surface area is 232 Å². The first-order valence-electron chi connectivity index (χ1n) is 13.2. The van der Waals surface area contributed by atoms with E-state index in [-0.39, 0.29) is 18.4 Å². The van der Waals surface area contributed by atoms with Gasteiger partial charge in [0.2, 0.25) is 0 Å². The molecule has 0 atom stereocenters. The molecule has 8 heteroatoms. The maximum absolute atomic E-state index is 14.7. The number of benzene rings is 4. The van der Waals surface area contributed by atoms with Crippen molar-refractivity contribution in [2.75, 3.05) is 36.9 Å². The average molecular weight is 548 g/mol. The lowest BCUT2D eigenvalue weighted by Crippen LogP contribution is -2.33. The summed E-state index contributed by atoms with van der Waals surface area (Å²) < 4.78 is 26.5. The number of nitrogens with zero attached hydrogens (tertiary/aromatic N) is 1. The Morgan fingerprint density at radius 2 is 1.59 bits per heavy atom. The van der Waals surface area contributed by atoms with Crippen LogP contribution in [0.2, 0.25) is 5.02 Å². The van der Waals surface area contributed by atoms with E-state index in [0.29, 0.717) is 34.3 Å². The van der Waals surface area contributed by atoms with Crippen molar-refractivity contribution < 1.29 is 18.7 Å². The van der Waals surface area contributed by atoms with Crippen LogP contribution in [0.25, 0.3) is 10.8 Å². The van der Waals surface area contributed by atoms with Gasteiger partial charge in [-0.25, -0.2) is 9.18 Å². The highest BCUT2D eigenvalue weighted by atomic mass is 35.5. The van der Waals surface area contributed by atoms with Crippen molar-refractivity contribution in [3.05, 3.63) is 95.3 Å². The molecule has 4 aromatic rings. The monoisotopic (exact) mass is 547 g/mol. The largest absolute Gasteiger partial charge is 0.489 e. The SMILES string of the molecule is O=C(Nc1ccc(Cl)cc1)Nc1ccc(OCc2ccc(OCCN3CCCCC3)c(F)c2)c2ccccc12. The standard InChI is InChI=1S/C31H31ClFN3O3/c32-23-9-11-24(12-10-23)34-31(37)35-28-13-15-29(26-7-3-2-6-25(26)28)39-21-22-8-14-30(27(33)20-22)38-19-18-36-16-4-1-5-17-36/h2-3,6-15,20H,1,4-5,16-19,21H2,(H2,34,35,37). The van der Waals surface area contributed by atoms with Crippen molar-refractivity contribution in [2.45, 2.75) is 25.9 Å². The molecule has 0 saturated carbocycles. The van der Waals surface area contributed by atoms with Crippen LogP contribution in [0.15, 0.2) is 78.9 Å². The van der Waals surface area contributed by atoms with Crippen molar-refractivity contribution in [1.82, 2.24) is 4.90 Å². The minimum Gasteiger partial charge on any atom is -0.489 e. The Kier molecular flexibility index (Phi) is 8.81. The lowest BCUT2D eigenvalue weighted by molar-refractivity contribution is 0.180. The van der Waals surface area contributed by atoms with Crippen LogP contribution in [-0.4, -0.2) is 37.2 Å². The zero-order chi connectivity index (χ0) is 27.0. The summed E-state index contributed by atoms with van der Waals surface area (Å²) in [5, 5.41) is 7.94. The van der Waals surface area contributed by atoms with E-state index in [1.54, 1.807) is 42.5 Å². The van der Waals surface area contributed by atoms with Gasteiger partial charge in [-0.2, -0.15) is 0 Å². The summed E-state index contributed by atoms with van der Waals surface area (Å²) in [7, 11) is 0. The molecule has 5 rings (SSSR count). The van der Waals surface area contributed by atoms with Gasteiger partial charge in [0.05, 0.1) is 5.69 Å². The Morgan fingerprint density at radius 3 is 2.36 bits per heavy atom. The van der Waals surface area contributed by atoms with E-state index in [0.717, 1.165) is 30.4 Å². The number of carbonyl (C=O) groups is 1. The summed E-state index contributed by atoms with van der Waals surface area (Å²) >= 11 is 5.91. The zero-order valence-electron chi connectivity index (χ0n) is 21.6. The first-order chi connectivity index (χ1) is 19.0. The fraction of sp³-hybridized carbons (Fsp3) is 0.258. The van der Waals surface area contributed by atoms with Gasteiger partial charge in [0.1, 0.15) is 19.0 Å². The lowest BCUT2D eigenvalue weighted by Gasteiger charge is -2.26. The third kappa shape index (κ3) is 7.19. The number of hydrogen-bond acceptors (Lipinski definition) is 4. The highest BCUT2D eigenvalue weighted by molar-refractivity contribution is 6.30. The molecule has 1 saturated heterocycles. The van der Waals surface area contributed by atoms with Gasteiger partial charge in [0, 0.05) is 28.0 Å². The molecule has 0 unspecified atom stereocenters. The summed E-state index contributed by atoms with van der Waals surface area (Å²) in [6.45, 7) is 3.65. The number of hydrogen-bond donors (Lipinski definition) is 2. The quantitative estimate of drug-likeness (QED) is 0.225. The molecule has 1 fully saturated rings. The van der Waals surface area contributed by atoms with Crippen molar-refractivity contribution >= 4 is 39.8 Å². The molecule has 6 nitrogen and oxygen atoms in total. The number of likely N-dealkylation sites (tertiary alicyclic amines) is 1. The van der Waals surface area contributed by atoms with Crippen molar-refractivity contribution in [3.63, 3.8) is 0 Å². The van der Waals surface area contributed by atoms with Crippen LogP contribution in [0.4, 0.5) is 20.6 Å². The molecule has 0 aliphatic carbocycles. The predicted octanol–water partition coefficient (Wildman–Crippen LogP) is 7.72. The first kappa shape index (κ1) is 26.8. The van der Waals surface area contributed by atoms with Gasteiger partial charge in [0.25, 0.3) is 0 Å². The van der Waals surface area contributed by atoms with Gasteiger partial charge in [-0.1, -0.05) is 48.4 Å². The fourth-order valence-electron chi connectivity index (χ4n) is 4.70. The van der Waals surface area contributed by atoms with E-state index in [9.17, 15) is 9.18 Å².